The number of hydrogen-bond acceptors (Lipinski definition) is 0. The van der Waals surface area contributed by atoms with Crippen molar-refractivity contribution in [3.8, 4) is 22.3 Å². The van der Waals surface area contributed by atoms with Crippen molar-refractivity contribution < 1.29 is 28.7 Å². The van der Waals surface area contributed by atoms with Gasteiger partial charge in [0.05, 0.1) is 0 Å². The third-order valence-electron chi connectivity index (χ3n) is 9.85. The Morgan fingerprint density at radius 1 is 0.705 bits per heavy atom. The van der Waals surface area contributed by atoms with E-state index in [0.717, 1.165) is 44.5 Å². The number of allylic oxidation sites excluding steroid dienone is 2. The monoisotopic (exact) mass is 725 g/mol. The average Bonchev–Trinajstić information content (AvgIpc) is 3.56. The summed E-state index contributed by atoms with van der Waals surface area (Å²) in [6.45, 7) is 10.6. The molecule has 2 aliphatic rings. The van der Waals surface area contributed by atoms with Gasteiger partial charge in [-0.3, -0.25) is 0 Å². The molecule has 2 unspecified atom stereocenters. The molecular weight excluding hydrogens is 692 g/mol. The topological polar surface area (TPSA) is 0 Å². The molecule has 227 valence electrons. The second kappa shape index (κ2) is 11.3. The fraction of sp³-hybridized carbons (Fsp3) is 0.243. The molecule has 6 rings (SSSR count). The van der Waals surface area contributed by atoms with E-state index in [-0.39, 0.29) is 15.1 Å². The third-order valence-corrected chi connectivity index (χ3v) is 61.8. The summed E-state index contributed by atoms with van der Waals surface area (Å²) in [7, 11) is 16.7. The van der Waals surface area contributed by atoms with Crippen molar-refractivity contribution in [2.75, 3.05) is 0 Å². The molecule has 0 saturated heterocycles. The van der Waals surface area contributed by atoms with E-state index >= 15 is 0 Å². The van der Waals surface area contributed by atoms with Gasteiger partial charge in [0.15, 0.2) is 0 Å². The standard InChI is InChI=1S/C18H17.C17H12F3.C2H7Si.2ClH.Zr/c1-13(2)16-11-15-9-6-10-17(18(15)12-16)14-7-4-3-5-8-14;1-11-9-14-13(12-5-3-2-4-6-12)7-8-16(15(14)10-11)17(18,19)20;1-3-2;;;/h3-13H,1-2H3;2-10H,1H3;3H,1-2H3;2*1H;/q;;;;;+2/p-2. The number of hydrogen-bond donors (Lipinski definition) is 0. The molecular formula is C37H36Cl2F3SiZr. The van der Waals surface area contributed by atoms with Crippen molar-refractivity contribution >= 4 is 35.1 Å². The summed E-state index contributed by atoms with van der Waals surface area (Å²) in [4.78, 5) is 0. The first-order valence-corrected chi connectivity index (χ1v) is 31.5. The van der Waals surface area contributed by atoms with Crippen LogP contribution < -0.4 is 0 Å². The van der Waals surface area contributed by atoms with Gasteiger partial charge in [-0.05, 0) is 0 Å². The van der Waals surface area contributed by atoms with Gasteiger partial charge in [-0.1, -0.05) is 0 Å². The van der Waals surface area contributed by atoms with Crippen LogP contribution in [0.15, 0.2) is 102 Å². The van der Waals surface area contributed by atoms with Gasteiger partial charge in [0.2, 0.25) is 0 Å². The Kier molecular flexibility index (Phi) is 8.14. The Morgan fingerprint density at radius 3 is 1.80 bits per heavy atom. The van der Waals surface area contributed by atoms with Crippen molar-refractivity contribution in [3.05, 3.63) is 130 Å². The van der Waals surface area contributed by atoms with Gasteiger partial charge < -0.3 is 0 Å². The normalized spacial score (nSPS) is 19.0. The quantitative estimate of drug-likeness (QED) is 0.174. The van der Waals surface area contributed by atoms with Gasteiger partial charge in [0.1, 0.15) is 0 Å². The van der Waals surface area contributed by atoms with E-state index in [1.807, 2.05) is 61.5 Å². The maximum absolute atomic E-state index is 15.0. The van der Waals surface area contributed by atoms with Crippen LogP contribution in [-0.2, 0) is 21.7 Å². The zero-order chi connectivity index (χ0) is 31.6. The summed E-state index contributed by atoms with van der Waals surface area (Å²) in [6, 6.07) is 29.0. The van der Waals surface area contributed by atoms with Crippen molar-refractivity contribution in [1.29, 1.82) is 0 Å². The fourth-order valence-electron chi connectivity index (χ4n) is 7.71. The molecule has 0 spiro atoms. The van der Waals surface area contributed by atoms with Crippen LogP contribution in [0.2, 0.25) is 13.1 Å². The Hall–Kier alpha value is -2.17. The Bertz CT molecular complexity index is 1810. The molecule has 0 nitrogen and oxygen atoms in total. The number of fused-ring (bicyclic) bond motifs is 2. The first kappa shape index (κ1) is 31.8. The molecule has 0 radical (unpaired) electrons. The van der Waals surface area contributed by atoms with Crippen LogP contribution in [0.3, 0.4) is 0 Å². The van der Waals surface area contributed by atoms with Gasteiger partial charge in [0.25, 0.3) is 0 Å². The number of benzene rings is 4. The zero-order valence-corrected chi connectivity index (χ0v) is 30.6. The van der Waals surface area contributed by atoms with Crippen molar-refractivity contribution in [1.82, 2.24) is 0 Å². The molecule has 0 fully saturated rings. The Morgan fingerprint density at radius 2 is 1.27 bits per heavy atom. The Balaban J connectivity index is 1.66. The van der Waals surface area contributed by atoms with Crippen LogP contribution in [-0.4, -0.2) is 5.92 Å². The summed E-state index contributed by atoms with van der Waals surface area (Å²) in [5.41, 5.74) is 8.29. The molecule has 2 atom stereocenters. The van der Waals surface area contributed by atoms with Gasteiger partial charge >= 0.3 is 269 Å². The predicted octanol–water partition coefficient (Wildman–Crippen LogP) is 12.3. The van der Waals surface area contributed by atoms with Crippen LogP contribution in [0.4, 0.5) is 13.2 Å². The van der Waals surface area contributed by atoms with Crippen molar-refractivity contribution in [2.45, 2.75) is 47.3 Å². The summed E-state index contributed by atoms with van der Waals surface area (Å²) in [5.74, 6) is -1.90. The van der Waals surface area contributed by atoms with Crippen molar-refractivity contribution in [2.24, 2.45) is 5.92 Å². The summed E-state index contributed by atoms with van der Waals surface area (Å²) in [6.07, 6.45) is -0.348. The summed E-state index contributed by atoms with van der Waals surface area (Å²) >= 11 is -5.38. The van der Waals surface area contributed by atoms with Crippen LogP contribution >= 0.6 is 17.0 Å². The van der Waals surface area contributed by atoms with E-state index in [4.69, 9.17) is 17.0 Å². The number of rotatable bonds is 6. The maximum atomic E-state index is 15.0. The minimum atomic E-state index is -5.38. The average molecular weight is 728 g/mol. The molecule has 0 bridgehead atoms. The third kappa shape index (κ3) is 4.89. The SMILES string of the molecule is CC1=Cc2c(-c3ccccc3)ccc(C(F)(F)F)c2[CH]1[Zr]([Cl])([Cl])([CH]1C(C(C)C)=Cc2c(-c3ccccc3)cccc21)[SiH](C)C. The molecule has 4 aromatic carbocycles. The first-order valence-electron chi connectivity index (χ1n) is 15.2. The van der Waals surface area contributed by atoms with Crippen molar-refractivity contribution in [3.63, 3.8) is 0 Å². The van der Waals surface area contributed by atoms with Gasteiger partial charge in [-0.25, -0.2) is 0 Å². The van der Waals surface area contributed by atoms with Crippen LogP contribution in [0.5, 0.6) is 0 Å². The van der Waals surface area contributed by atoms with Crippen LogP contribution in [0.1, 0.15) is 55.8 Å². The fourth-order valence-corrected chi connectivity index (χ4v) is 39.8. The van der Waals surface area contributed by atoms with Gasteiger partial charge in [-0.2, -0.15) is 0 Å². The molecule has 44 heavy (non-hydrogen) atoms. The second-order valence-electron chi connectivity index (χ2n) is 13.0. The van der Waals surface area contributed by atoms with E-state index in [1.54, 1.807) is 6.07 Å². The van der Waals surface area contributed by atoms with E-state index in [2.05, 4.69) is 63.3 Å². The predicted molar refractivity (Wildman–Crippen MR) is 181 cm³/mol. The second-order valence-corrected chi connectivity index (χ2v) is 55.5. The van der Waals surface area contributed by atoms with E-state index < -0.39 is 36.8 Å². The van der Waals surface area contributed by atoms with E-state index in [9.17, 15) is 13.2 Å². The van der Waals surface area contributed by atoms with Gasteiger partial charge in [-0.15, -0.1) is 0 Å². The molecule has 0 amide bonds. The van der Waals surface area contributed by atoms with E-state index in [0.29, 0.717) is 5.56 Å². The molecule has 4 aromatic rings. The van der Waals surface area contributed by atoms with E-state index in [1.165, 1.54) is 6.07 Å². The summed E-state index contributed by atoms with van der Waals surface area (Å²) < 4.78 is 44.0. The zero-order valence-electron chi connectivity index (χ0n) is 25.5. The minimum absolute atomic E-state index is 0.122. The van der Waals surface area contributed by atoms with Crippen LogP contribution in [0.25, 0.3) is 34.4 Å². The van der Waals surface area contributed by atoms with Gasteiger partial charge in [0, 0.05) is 0 Å². The molecule has 0 N–H and O–H groups in total. The Labute approximate surface area is 267 Å². The molecule has 7 heteroatoms. The van der Waals surface area contributed by atoms with Crippen LogP contribution in [0, 0.1) is 5.92 Å². The first-order chi connectivity index (χ1) is 20.7. The molecule has 0 heterocycles. The molecule has 0 aliphatic heterocycles. The molecule has 0 saturated carbocycles. The number of halogens is 5. The molecule has 0 aromatic heterocycles. The molecule has 2 aliphatic carbocycles. The summed E-state index contributed by atoms with van der Waals surface area (Å²) in [5, 5.41) is 0. The number of alkyl halides is 3.